The Morgan fingerprint density at radius 1 is 1.43 bits per heavy atom. The molecule has 0 saturated carbocycles. The molecular formula is C12H17NS. The molecule has 76 valence electrons. The molecule has 1 heterocycles. The zero-order chi connectivity index (χ0) is 9.80. The van der Waals surface area contributed by atoms with Gasteiger partial charge >= 0.3 is 0 Å². The van der Waals surface area contributed by atoms with Crippen molar-refractivity contribution in [3.8, 4) is 0 Å². The van der Waals surface area contributed by atoms with Gasteiger partial charge in [0.1, 0.15) is 0 Å². The van der Waals surface area contributed by atoms with Gasteiger partial charge in [0.05, 0.1) is 0 Å². The first kappa shape index (κ1) is 10.1. The Hall–Kier alpha value is -0.470. The molecule has 1 nitrogen and oxygen atoms in total. The van der Waals surface area contributed by atoms with Gasteiger partial charge in [-0.15, -0.1) is 11.8 Å². The predicted molar refractivity (Wildman–Crippen MR) is 63.1 cm³/mol. The maximum Gasteiger partial charge on any atom is 0.00719 e. The van der Waals surface area contributed by atoms with Crippen LogP contribution in [0, 0.1) is 0 Å². The second-order valence-electron chi connectivity index (χ2n) is 3.82. The summed E-state index contributed by atoms with van der Waals surface area (Å²) in [7, 11) is 0. The Kier molecular flexibility index (Phi) is 3.49. The predicted octanol–water partition coefficient (Wildman–Crippen LogP) is 2.88. The van der Waals surface area contributed by atoms with Crippen LogP contribution < -0.4 is 5.32 Å². The number of hydrogen-bond donors (Lipinski definition) is 1. The van der Waals surface area contributed by atoms with Crippen molar-refractivity contribution in [3.63, 3.8) is 0 Å². The maximum atomic E-state index is 3.46. The van der Waals surface area contributed by atoms with E-state index >= 15 is 0 Å². The number of nitrogens with one attached hydrogen (secondary N) is 1. The van der Waals surface area contributed by atoms with Crippen LogP contribution in [-0.2, 0) is 0 Å². The Labute approximate surface area is 90.3 Å². The standard InChI is InChI=1S/C12H17NS/c1-14-12-6-2-4-10(8-12)11-5-3-7-13-9-11/h2,4,6,8,11,13H,3,5,7,9H2,1H3/t11-/m0/s1. The number of piperidine rings is 1. The third kappa shape index (κ3) is 2.31. The molecule has 0 amide bonds. The fourth-order valence-electron chi connectivity index (χ4n) is 2.03. The van der Waals surface area contributed by atoms with Gasteiger partial charge in [0, 0.05) is 11.4 Å². The maximum absolute atomic E-state index is 3.46. The number of rotatable bonds is 2. The van der Waals surface area contributed by atoms with Crippen LogP contribution in [-0.4, -0.2) is 19.3 Å². The first-order valence-electron chi connectivity index (χ1n) is 5.25. The minimum absolute atomic E-state index is 0.732. The Bertz CT molecular complexity index is 292. The molecular weight excluding hydrogens is 190 g/mol. The fraction of sp³-hybridized carbons (Fsp3) is 0.500. The van der Waals surface area contributed by atoms with Gasteiger partial charge in [-0.3, -0.25) is 0 Å². The minimum atomic E-state index is 0.732. The third-order valence-corrected chi connectivity index (χ3v) is 3.59. The van der Waals surface area contributed by atoms with Gasteiger partial charge in [-0.25, -0.2) is 0 Å². The molecule has 2 heteroatoms. The van der Waals surface area contributed by atoms with E-state index in [-0.39, 0.29) is 0 Å². The Morgan fingerprint density at radius 3 is 3.07 bits per heavy atom. The lowest BCUT2D eigenvalue weighted by Crippen LogP contribution is -2.28. The lowest BCUT2D eigenvalue weighted by Gasteiger charge is -2.23. The van der Waals surface area contributed by atoms with E-state index in [2.05, 4.69) is 35.8 Å². The van der Waals surface area contributed by atoms with E-state index < -0.39 is 0 Å². The molecule has 0 bridgehead atoms. The number of hydrogen-bond acceptors (Lipinski definition) is 2. The summed E-state index contributed by atoms with van der Waals surface area (Å²) in [6.45, 7) is 2.34. The highest BCUT2D eigenvalue weighted by Crippen LogP contribution is 2.26. The van der Waals surface area contributed by atoms with E-state index in [1.807, 2.05) is 11.8 Å². The highest BCUT2D eigenvalue weighted by molar-refractivity contribution is 7.98. The normalized spacial score (nSPS) is 22.2. The van der Waals surface area contributed by atoms with Gasteiger partial charge in [-0.1, -0.05) is 12.1 Å². The minimum Gasteiger partial charge on any atom is -0.316 e. The van der Waals surface area contributed by atoms with Gasteiger partial charge in [-0.2, -0.15) is 0 Å². The summed E-state index contributed by atoms with van der Waals surface area (Å²) in [6.07, 6.45) is 4.79. The van der Waals surface area contributed by atoms with Crippen LogP contribution in [0.25, 0.3) is 0 Å². The summed E-state index contributed by atoms with van der Waals surface area (Å²) < 4.78 is 0. The van der Waals surface area contributed by atoms with Crippen LogP contribution in [0.15, 0.2) is 29.2 Å². The van der Waals surface area contributed by atoms with E-state index in [9.17, 15) is 0 Å². The largest absolute Gasteiger partial charge is 0.316 e. The lowest BCUT2D eigenvalue weighted by atomic mass is 9.92. The highest BCUT2D eigenvalue weighted by Gasteiger charge is 2.14. The molecule has 1 aromatic rings. The summed E-state index contributed by atoms with van der Waals surface area (Å²) in [4.78, 5) is 1.38. The molecule has 0 aliphatic carbocycles. The van der Waals surface area contributed by atoms with Gasteiger partial charge in [0.25, 0.3) is 0 Å². The van der Waals surface area contributed by atoms with Crippen molar-refractivity contribution in [3.05, 3.63) is 29.8 Å². The number of thioether (sulfide) groups is 1. The third-order valence-electron chi connectivity index (χ3n) is 2.86. The van der Waals surface area contributed by atoms with E-state index in [0.717, 1.165) is 12.5 Å². The Balaban J connectivity index is 2.13. The van der Waals surface area contributed by atoms with Crippen molar-refractivity contribution in [2.75, 3.05) is 19.3 Å². The average molecular weight is 207 g/mol. The van der Waals surface area contributed by atoms with E-state index in [4.69, 9.17) is 0 Å². The summed E-state index contributed by atoms with van der Waals surface area (Å²) in [5.41, 5.74) is 1.50. The molecule has 14 heavy (non-hydrogen) atoms. The molecule has 1 aliphatic heterocycles. The molecule has 1 saturated heterocycles. The molecule has 2 rings (SSSR count). The summed E-state index contributed by atoms with van der Waals surface area (Å²) in [5, 5.41) is 3.46. The quantitative estimate of drug-likeness (QED) is 0.748. The molecule has 0 aromatic heterocycles. The number of benzene rings is 1. The Morgan fingerprint density at radius 2 is 2.36 bits per heavy atom. The van der Waals surface area contributed by atoms with Crippen molar-refractivity contribution in [2.45, 2.75) is 23.7 Å². The van der Waals surface area contributed by atoms with Crippen LogP contribution in [0.1, 0.15) is 24.3 Å². The molecule has 1 aromatic carbocycles. The lowest BCUT2D eigenvalue weighted by molar-refractivity contribution is 0.461. The topological polar surface area (TPSA) is 12.0 Å². The van der Waals surface area contributed by atoms with Gasteiger partial charge < -0.3 is 5.32 Å². The van der Waals surface area contributed by atoms with Crippen molar-refractivity contribution in [2.24, 2.45) is 0 Å². The molecule has 0 unspecified atom stereocenters. The zero-order valence-corrected chi connectivity index (χ0v) is 9.44. The van der Waals surface area contributed by atoms with Crippen molar-refractivity contribution < 1.29 is 0 Å². The zero-order valence-electron chi connectivity index (χ0n) is 8.62. The molecule has 0 spiro atoms. The molecule has 1 atom stereocenters. The SMILES string of the molecule is CSc1cccc([C@H]2CCCNC2)c1. The van der Waals surface area contributed by atoms with Crippen LogP contribution in [0.4, 0.5) is 0 Å². The first-order valence-corrected chi connectivity index (χ1v) is 6.47. The second kappa shape index (κ2) is 4.85. The van der Waals surface area contributed by atoms with Gasteiger partial charge in [-0.05, 0) is 49.3 Å². The van der Waals surface area contributed by atoms with Crippen molar-refractivity contribution in [1.82, 2.24) is 5.32 Å². The summed E-state index contributed by atoms with van der Waals surface area (Å²) in [6, 6.07) is 8.96. The van der Waals surface area contributed by atoms with E-state index in [0.29, 0.717) is 0 Å². The van der Waals surface area contributed by atoms with Gasteiger partial charge in [0.2, 0.25) is 0 Å². The first-order chi connectivity index (χ1) is 6.90. The van der Waals surface area contributed by atoms with E-state index in [1.54, 1.807) is 0 Å². The monoisotopic (exact) mass is 207 g/mol. The fourth-order valence-corrected chi connectivity index (χ4v) is 2.50. The van der Waals surface area contributed by atoms with Gasteiger partial charge in [0.15, 0.2) is 0 Å². The van der Waals surface area contributed by atoms with Crippen LogP contribution in [0.3, 0.4) is 0 Å². The summed E-state index contributed by atoms with van der Waals surface area (Å²) in [5.74, 6) is 0.732. The van der Waals surface area contributed by atoms with Crippen LogP contribution >= 0.6 is 11.8 Å². The highest BCUT2D eigenvalue weighted by atomic mass is 32.2. The second-order valence-corrected chi connectivity index (χ2v) is 4.70. The average Bonchev–Trinajstić information content (AvgIpc) is 2.30. The smallest absolute Gasteiger partial charge is 0.00719 e. The molecule has 1 fully saturated rings. The van der Waals surface area contributed by atoms with Crippen LogP contribution in [0.5, 0.6) is 0 Å². The van der Waals surface area contributed by atoms with E-state index in [1.165, 1.54) is 29.8 Å². The molecule has 1 N–H and O–H groups in total. The van der Waals surface area contributed by atoms with Crippen molar-refractivity contribution in [1.29, 1.82) is 0 Å². The van der Waals surface area contributed by atoms with Crippen molar-refractivity contribution >= 4 is 11.8 Å². The molecule has 0 radical (unpaired) electrons. The molecule has 1 aliphatic rings. The summed E-state index contributed by atoms with van der Waals surface area (Å²) >= 11 is 1.83. The van der Waals surface area contributed by atoms with Crippen LogP contribution in [0.2, 0.25) is 0 Å².